The molecule has 3 N–H and O–H groups in total. The van der Waals surface area contributed by atoms with Crippen LogP contribution in [0.1, 0.15) is 12.6 Å². The fraction of sp³-hybridized carbons (Fsp3) is 0.333. The first-order valence-corrected chi connectivity index (χ1v) is 5.48. The molecule has 0 aliphatic heterocycles. The van der Waals surface area contributed by atoms with Gasteiger partial charge in [0.25, 0.3) is 0 Å². The number of aromatic nitrogens is 2. The Morgan fingerprint density at radius 3 is 3.27 bits per heavy atom. The number of imidazole rings is 1. The van der Waals surface area contributed by atoms with Crippen molar-refractivity contribution in [2.75, 3.05) is 0 Å². The third-order valence-corrected chi connectivity index (χ3v) is 2.93. The molecule has 80 valence electrons. The van der Waals surface area contributed by atoms with Gasteiger partial charge in [0.05, 0.1) is 11.7 Å². The molecule has 0 bridgehead atoms. The lowest BCUT2D eigenvalue weighted by molar-refractivity contribution is -0.119. The predicted octanol–water partition coefficient (Wildman–Crippen LogP) is 0.359. The topological polar surface area (TPSA) is 72.4 Å². The molecule has 2 aromatic heterocycles. The van der Waals surface area contributed by atoms with Crippen molar-refractivity contribution in [3.63, 3.8) is 0 Å². The number of fused-ring (bicyclic) bond motifs is 1. The number of nitrogens with one attached hydrogen (secondary N) is 1. The van der Waals surface area contributed by atoms with E-state index in [0.717, 1.165) is 10.7 Å². The Balaban J connectivity index is 2.01. The maximum atomic E-state index is 10.8. The number of hydrogen-bond acceptors (Lipinski definition) is 4. The lowest BCUT2D eigenvalue weighted by Crippen LogP contribution is -2.38. The molecule has 2 heterocycles. The Kier molecular flexibility index (Phi) is 2.70. The van der Waals surface area contributed by atoms with Crippen molar-refractivity contribution in [2.45, 2.75) is 19.5 Å². The third kappa shape index (κ3) is 2.16. The van der Waals surface area contributed by atoms with E-state index in [-0.39, 0.29) is 11.9 Å². The third-order valence-electron chi connectivity index (χ3n) is 2.16. The second-order valence-corrected chi connectivity index (χ2v) is 4.20. The number of carbonyl (C=O) groups excluding carboxylic acids is 1. The minimum atomic E-state index is -0.351. The van der Waals surface area contributed by atoms with Gasteiger partial charge in [0, 0.05) is 24.3 Å². The fourth-order valence-electron chi connectivity index (χ4n) is 1.22. The summed E-state index contributed by atoms with van der Waals surface area (Å²) in [4.78, 5) is 16.1. The van der Waals surface area contributed by atoms with E-state index in [1.807, 2.05) is 22.2 Å². The molecule has 2 rings (SSSR count). The standard InChI is InChI=1S/C9H12N4OS/c1-6(8(10)14)11-4-7-5-13-2-3-15-9(13)12-7/h2-3,5-6,11H,4H2,1H3,(H2,10,14). The summed E-state index contributed by atoms with van der Waals surface area (Å²) in [6, 6.07) is -0.329. The molecular formula is C9H12N4OS. The van der Waals surface area contributed by atoms with Gasteiger partial charge < -0.3 is 11.1 Å². The average Bonchev–Trinajstić information content (AvgIpc) is 2.72. The Labute approximate surface area is 90.9 Å². The van der Waals surface area contributed by atoms with Gasteiger partial charge in [0.2, 0.25) is 5.91 Å². The Bertz CT molecular complexity index is 447. The Hall–Kier alpha value is -1.40. The second-order valence-electron chi connectivity index (χ2n) is 3.33. The highest BCUT2D eigenvalue weighted by Gasteiger charge is 2.08. The van der Waals surface area contributed by atoms with Crippen LogP contribution in [0.25, 0.3) is 4.96 Å². The van der Waals surface area contributed by atoms with Crippen LogP contribution in [-0.4, -0.2) is 21.3 Å². The summed E-state index contributed by atoms with van der Waals surface area (Å²) >= 11 is 1.58. The van der Waals surface area contributed by atoms with E-state index in [0.29, 0.717) is 6.54 Å². The van der Waals surface area contributed by atoms with E-state index in [2.05, 4.69) is 10.3 Å². The van der Waals surface area contributed by atoms with E-state index in [9.17, 15) is 4.79 Å². The van der Waals surface area contributed by atoms with E-state index in [1.54, 1.807) is 18.3 Å². The van der Waals surface area contributed by atoms with Gasteiger partial charge in [-0.25, -0.2) is 4.98 Å². The van der Waals surface area contributed by atoms with E-state index < -0.39 is 0 Å². The molecule has 6 heteroatoms. The van der Waals surface area contributed by atoms with Crippen molar-refractivity contribution in [3.8, 4) is 0 Å². The SMILES string of the molecule is CC(NCc1cn2ccsc2n1)C(N)=O. The summed E-state index contributed by atoms with van der Waals surface area (Å²) < 4.78 is 1.95. The Morgan fingerprint density at radius 1 is 1.80 bits per heavy atom. The molecule has 0 saturated carbocycles. The molecule has 0 saturated heterocycles. The monoisotopic (exact) mass is 224 g/mol. The molecule has 0 fully saturated rings. The summed E-state index contributed by atoms with van der Waals surface area (Å²) in [6.07, 6.45) is 3.89. The van der Waals surface area contributed by atoms with Crippen LogP contribution in [0.4, 0.5) is 0 Å². The van der Waals surface area contributed by atoms with Gasteiger partial charge in [0.15, 0.2) is 4.96 Å². The number of hydrogen-bond donors (Lipinski definition) is 2. The first-order valence-electron chi connectivity index (χ1n) is 4.60. The minimum Gasteiger partial charge on any atom is -0.368 e. The van der Waals surface area contributed by atoms with Crippen molar-refractivity contribution in [1.29, 1.82) is 0 Å². The molecule has 1 amide bonds. The highest BCUT2D eigenvalue weighted by Crippen LogP contribution is 2.10. The summed E-state index contributed by atoms with van der Waals surface area (Å²) in [7, 11) is 0. The molecule has 0 aliphatic rings. The van der Waals surface area contributed by atoms with Crippen LogP contribution in [0.15, 0.2) is 17.8 Å². The summed E-state index contributed by atoms with van der Waals surface area (Å²) in [6.45, 7) is 2.29. The van der Waals surface area contributed by atoms with Gasteiger partial charge in [-0.2, -0.15) is 0 Å². The molecule has 0 aliphatic carbocycles. The number of nitrogens with zero attached hydrogens (tertiary/aromatic N) is 2. The minimum absolute atomic E-state index is 0.329. The van der Waals surface area contributed by atoms with Crippen molar-refractivity contribution in [1.82, 2.24) is 14.7 Å². The van der Waals surface area contributed by atoms with Crippen LogP contribution in [0.3, 0.4) is 0 Å². The van der Waals surface area contributed by atoms with Gasteiger partial charge >= 0.3 is 0 Å². The maximum Gasteiger partial charge on any atom is 0.234 e. The quantitative estimate of drug-likeness (QED) is 0.787. The van der Waals surface area contributed by atoms with Gasteiger partial charge in [0.1, 0.15) is 0 Å². The normalized spacial score (nSPS) is 13.1. The zero-order valence-electron chi connectivity index (χ0n) is 8.30. The molecule has 2 aromatic rings. The predicted molar refractivity (Wildman–Crippen MR) is 58.6 cm³/mol. The van der Waals surface area contributed by atoms with E-state index in [4.69, 9.17) is 5.73 Å². The van der Waals surface area contributed by atoms with Crippen LogP contribution < -0.4 is 11.1 Å². The lowest BCUT2D eigenvalue weighted by Gasteiger charge is -2.07. The zero-order chi connectivity index (χ0) is 10.8. The van der Waals surface area contributed by atoms with E-state index in [1.165, 1.54) is 0 Å². The highest BCUT2D eigenvalue weighted by molar-refractivity contribution is 7.15. The van der Waals surface area contributed by atoms with Crippen molar-refractivity contribution in [2.24, 2.45) is 5.73 Å². The summed E-state index contributed by atoms with van der Waals surface area (Å²) in [5.74, 6) is -0.351. The smallest absolute Gasteiger partial charge is 0.234 e. The number of thiazole rings is 1. The molecule has 1 unspecified atom stereocenters. The number of carbonyl (C=O) groups is 1. The molecular weight excluding hydrogens is 212 g/mol. The molecule has 5 nitrogen and oxygen atoms in total. The molecule has 0 radical (unpaired) electrons. The van der Waals surface area contributed by atoms with Crippen molar-refractivity contribution >= 4 is 22.2 Å². The number of nitrogens with two attached hydrogens (primary N) is 1. The average molecular weight is 224 g/mol. The van der Waals surface area contributed by atoms with Crippen LogP contribution >= 0.6 is 11.3 Å². The summed E-state index contributed by atoms with van der Waals surface area (Å²) in [5, 5.41) is 4.98. The van der Waals surface area contributed by atoms with Crippen molar-refractivity contribution in [3.05, 3.63) is 23.5 Å². The van der Waals surface area contributed by atoms with Crippen molar-refractivity contribution < 1.29 is 4.79 Å². The second kappa shape index (κ2) is 4.00. The van der Waals surface area contributed by atoms with E-state index >= 15 is 0 Å². The largest absolute Gasteiger partial charge is 0.368 e. The number of rotatable bonds is 4. The summed E-state index contributed by atoms with van der Waals surface area (Å²) in [5.41, 5.74) is 6.04. The zero-order valence-corrected chi connectivity index (χ0v) is 9.12. The van der Waals surface area contributed by atoms with Crippen LogP contribution in [0, 0.1) is 0 Å². The molecule has 0 aromatic carbocycles. The molecule has 1 atom stereocenters. The van der Waals surface area contributed by atoms with Gasteiger partial charge in [-0.3, -0.25) is 9.20 Å². The first kappa shape index (κ1) is 10.1. The van der Waals surface area contributed by atoms with Crippen LogP contribution in [0.5, 0.6) is 0 Å². The molecule has 15 heavy (non-hydrogen) atoms. The van der Waals surface area contributed by atoms with Crippen LogP contribution in [-0.2, 0) is 11.3 Å². The lowest BCUT2D eigenvalue weighted by atomic mass is 10.3. The number of primary amides is 1. The maximum absolute atomic E-state index is 10.8. The van der Waals surface area contributed by atoms with Gasteiger partial charge in [-0.1, -0.05) is 0 Å². The first-order chi connectivity index (χ1) is 7.16. The highest BCUT2D eigenvalue weighted by atomic mass is 32.1. The van der Waals surface area contributed by atoms with Crippen LogP contribution in [0.2, 0.25) is 0 Å². The molecule has 0 spiro atoms. The van der Waals surface area contributed by atoms with Gasteiger partial charge in [-0.05, 0) is 6.92 Å². The fourth-order valence-corrected chi connectivity index (χ4v) is 1.94. The number of amides is 1. The Morgan fingerprint density at radius 2 is 2.60 bits per heavy atom. The van der Waals surface area contributed by atoms with Gasteiger partial charge in [-0.15, -0.1) is 11.3 Å².